The average Bonchev–Trinajstić information content (AvgIpc) is 3.11. The van der Waals surface area contributed by atoms with Gasteiger partial charge in [0.05, 0.1) is 11.3 Å². The molecule has 1 aliphatic rings. The largest absolute Gasteiger partial charge is 0.366 e. The highest BCUT2D eigenvalue weighted by Gasteiger charge is 2.20. The predicted octanol–water partition coefficient (Wildman–Crippen LogP) is 2.03. The Kier molecular flexibility index (Phi) is 4.63. The molecule has 0 radical (unpaired) electrons. The summed E-state index contributed by atoms with van der Waals surface area (Å²) in [6.45, 7) is 6.66. The number of amides is 1. The van der Waals surface area contributed by atoms with E-state index < -0.39 is 5.91 Å². The number of nitrogens with two attached hydrogens (primary N) is 1. The van der Waals surface area contributed by atoms with E-state index in [0.717, 1.165) is 42.8 Å². The van der Waals surface area contributed by atoms with Crippen molar-refractivity contribution in [2.24, 2.45) is 5.73 Å². The van der Waals surface area contributed by atoms with Gasteiger partial charge in [-0.3, -0.25) is 14.8 Å². The van der Waals surface area contributed by atoms with E-state index in [1.807, 2.05) is 0 Å². The van der Waals surface area contributed by atoms with E-state index >= 15 is 0 Å². The second-order valence-electron chi connectivity index (χ2n) is 7.20. The fraction of sp³-hybridized carbons (Fsp3) is 0.350. The smallest absolute Gasteiger partial charge is 0.250 e. The van der Waals surface area contributed by atoms with Crippen molar-refractivity contribution in [2.45, 2.75) is 13.0 Å². The number of piperazine rings is 1. The molecule has 4 rings (SSSR count). The number of hydrogen-bond acceptors (Lipinski definition) is 5. The number of aromatic amines is 1. The summed E-state index contributed by atoms with van der Waals surface area (Å²) >= 11 is 0. The Balaban J connectivity index is 1.60. The van der Waals surface area contributed by atoms with Crippen molar-refractivity contribution in [1.82, 2.24) is 25.0 Å². The number of carbonyl (C=O) groups excluding carboxylic acids is 1. The Hall–Kier alpha value is -2.77. The van der Waals surface area contributed by atoms with Crippen LogP contribution in [0.1, 0.15) is 28.9 Å². The number of aromatic nitrogens is 3. The van der Waals surface area contributed by atoms with Crippen LogP contribution in [-0.2, 0) is 0 Å². The quantitative estimate of drug-likeness (QED) is 0.739. The number of fused-ring (bicyclic) bond motifs is 1. The number of hydrogen-bond donors (Lipinski definition) is 2. The van der Waals surface area contributed by atoms with Crippen LogP contribution in [0.4, 0.5) is 0 Å². The van der Waals surface area contributed by atoms with Crippen LogP contribution in [0.15, 0.2) is 36.5 Å². The van der Waals surface area contributed by atoms with E-state index in [1.165, 1.54) is 11.8 Å². The molecule has 27 heavy (non-hydrogen) atoms. The molecule has 3 aromatic rings. The van der Waals surface area contributed by atoms with Gasteiger partial charge >= 0.3 is 0 Å². The summed E-state index contributed by atoms with van der Waals surface area (Å²) in [4.78, 5) is 20.5. The highest BCUT2D eigenvalue weighted by molar-refractivity contribution is 5.99. The van der Waals surface area contributed by atoms with Crippen molar-refractivity contribution in [2.75, 3.05) is 33.2 Å². The first-order valence-electron chi connectivity index (χ1n) is 9.20. The van der Waals surface area contributed by atoms with Gasteiger partial charge in [-0.15, -0.1) is 0 Å². The van der Waals surface area contributed by atoms with Crippen molar-refractivity contribution in [3.05, 3.63) is 47.7 Å². The van der Waals surface area contributed by atoms with E-state index in [2.05, 4.69) is 63.2 Å². The normalized spacial score (nSPS) is 17.3. The van der Waals surface area contributed by atoms with Gasteiger partial charge in [0, 0.05) is 49.4 Å². The molecule has 0 bridgehead atoms. The summed E-state index contributed by atoms with van der Waals surface area (Å²) in [5, 5.41) is 8.06. The number of benzene rings is 1. The number of nitrogens with zero attached hydrogens (tertiary/aromatic N) is 4. The molecule has 7 heteroatoms. The maximum atomic E-state index is 11.4. The molecular weight excluding hydrogens is 340 g/mol. The van der Waals surface area contributed by atoms with Crippen LogP contribution in [0.25, 0.3) is 22.3 Å². The summed E-state index contributed by atoms with van der Waals surface area (Å²) in [5.74, 6) is -0.493. The van der Waals surface area contributed by atoms with E-state index in [1.54, 1.807) is 6.07 Å². The van der Waals surface area contributed by atoms with Crippen LogP contribution >= 0.6 is 0 Å². The van der Waals surface area contributed by atoms with Crippen molar-refractivity contribution >= 4 is 16.9 Å². The molecule has 0 saturated carbocycles. The Labute approximate surface area is 158 Å². The maximum absolute atomic E-state index is 11.4. The number of H-pyrrole nitrogens is 1. The first-order valence-corrected chi connectivity index (χ1v) is 9.20. The van der Waals surface area contributed by atoms with Gasteiger partial charge in [-0.05, 0) is 25.6 Å². The summed E-state index contributed by atoms with van der Waals surface area (Å²) in [7, 11) is 2.17. The third kappa shape index (κ3) is 3.43. The Morgan fingerprint density at radius 1 is 1.19 bits per heavy atom. The zero-order chi connectivity index (χ0) is 19.0. The molecule has 1 unspecified atom stereocenters. The van der Waals surface area contributed by atoms with Gasteiger partial charge in [-0.25, -0.2) is 4.98 Å². The molecule has 3 heterocycles. The maximum Gasteiger partial charge on any atom is 0.250 e. The van der Waals surface area contributed by atoms with Gasteiger partial charge in [-0.2, -0.15) is 5.10 Å². The highest BCUT2D eigenvalue weighted by atomic mass is 16.1. The number of pyridine rings is 1. The lowest BCUT2D eigenvalue weighted by molar-refractivity contribution is 0.1000. The number of primary amides is 1. The second kappa shape index (κ2) is 7.09. The van der Waals surface area contributed by atoms with E-state index in [0.29, 0.717) is 17.3 Å². The molecular formula is C20H24N6O. The van der Waals surface area contributed by atoms with Gasteiger partial charge < -0.3 is 10.6 Å². The number of likely N-dealkylation sites (N-methyl/N-ethyl adjacent to an activating group) is 1. The molecule has 140 valence electrons. The van der Waals surface area contributed by atoms with Gasteiger partial charge in [0.1, 0.15) is 0 Å². The molecule has 7 nitrogen and oxygen atoms in total. The SMILES string of the molecule is CC(c1ccc(-c2[nH]nc3ncc(C(N)=O)cc23)cc1)N1CCN(C)CC1. The topological polar surface area (TPSA) is 91.1 Å². The molecule has 1 saturated heterocycles. The predicted molar refractivity (Wildman–Crippen MR) is 105 cm³/mol. The Morgan fingerprint density at radius 3 is 2.56 bits per heavy atom. The third-order valence-corrected chi connectivity index (χ3v) is 5.46. The standard InChI is InChI=1S/C20H24N6O/c1-13(26-9-7-25(2)8-10-26)14-3-5-15(6-4-14)18-17-11-16(19(21)27)12-22-20(17)24-23-18/h3-6,11-13H,7-10H2,1-2H3,(H2,21,27)(H,22,23,24). The molecule has 3 N–H and O–H groups in total. The molecule has 1 aromatic carbocycles. The lowest BCUT2D eigenvalue weighted by atomic mass is 10.0. The van der Waals surface area contributed by atoms with Crippen LogP contribution in [0.5, 0.6) is 0 Å². The zero-order valence-corrected chi connectivity index (χ0v) is 15.6. The first-order chi connectivity index (χ1) is 13.0. The monoisotopic (exact) mass is 364 g/mol. The lowest BCUT2D eigenvalue weighted by Crippen LogP contribution is -2.45. The van der Waals surface area contributed by atoms with Crippen molar-refractivity contribution < 1.29 is 4.79 Å². The zero-order valence-electron chi connectivity index (χ0n) is 15.6. The summed E-state index contributed by atoms with van der Waals surface area (Å²) in [5.41, 5.74) is 9.48. The van der Waals surface area contributed by atoms with Gasteiger partial charge in [-0.1, -0.05) is 24.3 Å². The second-order valence-corrected chi connectivity index (χ2v) is 7.20. The molecule has 0 aliphatic carbocycles. The average molecular weight is 364 g/mol. The minimum atomic E-state index is -0.493. The Morgan fingerprint density at radius 2 is 1.89 bits per heavy atom. The highest BCUT2D eigenvalue weighted by Crippen LogP contribution is 2.28. The van der Waals surface area contributed by atoms with Gasteiger partial charge in [0.25, 0.3) is 0 Å². The minimum absolute atomic E-state index is 0.380. The minimum Gasteiger partial charge on any atom is -0.366 e. The van der Waals surface area contributed by atoms with Gasteiger partial charge in [0.15, 0.2) is 5.65 Å². The van der Waals surface area contributed by atoms with Crippen LogP contribution in [-0.4, -0.2) is 64.1 Å². The summed E-state index contributed by atoms with van der Waals surface area (Å²) < 4.78 is 0. The number of carbonyl (C=O) groups is 1. The van der Waals surface area contributed by atoms with Gasteiger partial charge in [0.2, 0.25) is 5.91 Å². The first kappa shape index (κ1) is 17.6. The summed E-state index contributed by atoms with van der Waals surface area (Å²) in [6.07, 6.45) is 1.45. The van der Waals surface area contributed by atoms with Crippen LogP contribution in [0.3, 0.4) is 0 Å². The van der Waals surface area contributed by atoms with Crippen LogP contribution in [0, 0.1) is 0 Å². The van der Waals surface area contributed by atoms with Crippen molar-refractivity contribution in [3.8, 4) is 11.3 Å². The molecule has 2 aromatic heterocycles. The fourth-order valence-electron chi connectivity index (χ4n) is 3.60. The molecule has 1 amide bonds. The lowest BCUT2D eigenvalue weighted by Gasteiger charge is -2.36. The molecule has 0 spiro atoms. The van der Waals surface area contributed by atoms with Crippen LogP contribution < -0.4 is 5.73 Å². The Bertz CT molecular complexity index is 956. The number of rotatable bonds is 4. The van der Waals surface area contributed by atoms with Crippen LogP contribution in [0.2, 0.25) is 0 Å². The fourth-order valence-corrected chi connectivity index (χ4v) is 3.60. The van der Waals surface area contributed by atoms with E-state index in [-0.39, 0.29) is 0 Å². The molecule has 1 aliphatic heterocycles. The third-order valence-electron chi connectivity index (χ3n) is 5.46. The molecule has 1 fully saturated rings. The van der Waals surface area contributed by atoms with E-state index in [4.69, 9.17) is 5.73 Å². The number of nitrogens with one attached hydrogen (secondary N) is 1. The van der Waals surface area contributed by atoms with Crippen molar-refractivity contribution in [1.29, 1.82) is 0 Å². The molecule has 1 atom stereocenters. The summed E-state index contributed by atoms with van der Waals surface area (Å²) in [6, 6.07) is 10.6. The van der Waals surface area contributed by atoms with Crippen molar-refractivity contribution in [3.63, 3.8) is 0 Å². The van der Waals surface area contributed by atoms with E-state index in [9.17, 15) is 4.79 Å².